The molecule has 5 nitrogen and oxygen atoms in total. The van der Waals surface area contributed by atoms with Crippen LogP contribution in [0.5, 0.6) is 0 Å². The number of amides is 1. The average Bonchev–Trinajstić information content (AvgIpc) is 2.47. The lowest BCUT2D eigenvalue weighted by Gasteiger charge is -2.18. The van der Waals surface area contributed by atoms with Crippen molar-refractivity contribution in [1.29, 1.82) is 0 Å². The zero-order valence-electron chi connectivity index (χ0n) is 11.9. The summed E-state index contributed by atoms with van der Waals surface area (Å²) in [6.07, 6.45) is 3.27. The molecule has 2 rings (SSSR count). The molecule has 0 aliphatic carbocycles. The normalized spacial score (nSPS) is 10.7. The Morgan fingerprint density at radius 1 is 1.35 bits per heavy atom. The largest absolute Gasteiger partial charge is 0.344 e. The van der Waals surface area contributed by atoms with Crippen LogP contribution < -0.4 is 5.56 Å². The molecule has 0 bridgehead atoms. The first kappa shape index (κ1) is 14.2. The number of hydrogen-bond donors (Lipinski definition) is 0. The van der Waals surface area contributed by atoms with Gasteiger partial charge in [0.05, 0.1) is 17.2 Å². The topological polar surface area (TPSA) is 55.2 Å². The molecule has 0 unspecified atom stereocenters. The van der Waals surface area contributed by atoms with E-state index in [2.05, 4.69) is 11.9 Å². The van der Waals surface area contributed by atoms with Crippen LogP contribution in [0, 0.1) is 0 Å². The summed E-state index contributed by atoms with van der Waals surface area (Å²) < 4.78 is 1.48. The number of aromatic nitrogens is 2. The van der Waals surface area contributed by atoms with Crippen molar-refractivity contribution in [3.05, 3.63) is 40.8 Å². The fraction of sp³-hybridized carbons (Fsp3) is 0.400. The van der Waals surface area contributed by atoms with E-state index in [1.54, 1.807) is 11.9 Å². The fourth-order valence-electron chi connectivity index (χ4n) is 2.05. The molecule has 0 radical (unpaired) electrons. The number of unbranched alkanes of at least 4 members (excludes halogenated alkanes) is 1. The van der Waals surface area contributed by atoms with Gasteiger partial charge in [0.15, 0.2) is 0 Å². The van der Waals surface area contributed by atoms with E-state index >= 15 is 0 Å². The Kier molecular flexibility index (Phi) is 4.50. The first-order valence-corrected chi connectivity index (χ1v) is 6.82. The van der Waals surface area contributed by atoms with Crippen LogP contribution in [0.3, 0.4) is 0 Å². The molecule has 5 heteroatoms. The van der Waals surface area contributed by atoms with Crippen molar-refractivity contribution in [2.45, 2.75) is 26.3 Å². The summed E-state index contributed by atoms with van der Waals surface area (Å²) in [6.45, 7) is 2.86. The molecule has 1 heterocycles. The predicted octanol–water partition coefficient (Wildman–Crippen LogP) is 1.65. The van der Waals surface area contributed by atoms with Gasteiger partial charge in [-0.2, -0.15) is 0 Å². The zero-order valence-corrected chi connectivity index (χ0v) is 11.9. The minimum absolute atomic E-state index is 0.0576. The number of para-hydroxylation sites is 2. The molecular weight excluding hydrogens is 254 g/mol. The number of rotatable bonds is 5. The van der Waals surface area contributed by atoms with Gasteiger partial charge in [-0.05, 0) is 18.6 Å². The van der Waals surface area contributed by atoms with E-state index in [1.165, 1.54) is 10.8 Å². The highest BCUT2D eigenvalue weighted by atomic mass is 16.2. The second kappa shape index (κ2) is 6.32. The van der Waals surface area contributed by atoms with E-state index in [9.17, 15) is 9.59 Å². The molecular formula is C15H19N3O2. The summed E-state index contributed by atoms with van der Waals surface area (Å²) in [5, 5.41) is 0. The summed E-state index contributed by atoms with van der Waals surface area (Å²) in [6, 6.07) is 7.34. The van der Waals surface area contributed by atoms with Crippen LogP contribution in [-0.4, -0.2) is 34.0 Å². The Labute approximate surface area is 117 Å². The third-order valence-corrected chi connectivity index (χ3v) is 3.32. The van der Waals surface area contributed by atoms with Gasteiger partial charge in [0.1, 0.15) is 6.54 Å². The number of benzene rings is 1. The minimum Gasteiger partial charge on any atom is -0.344 e. The van der Waals surface area contributed by atoms with Crippen LogP contribution >= 0.6 is 0 Å². The average molecular weight is 273 g/mol. The van der Waals surface area contributed by atoms with E-state index in [4.69, 9.17) is 0 Å². The lowest BCUT2D eigenvalue weighted by Crippen LogP contribution is -2.34. The van der Waals surface area contributed by atoms with Gasteiger partial charge in [-0.3, -0.25) is 14.2 Å². The van der Waals surface area contributed by atoms with Gasteiger partial charge in [0.25, 0.3) is 5.56 Å². The number of fused-ring (bicyclic) bond motifs is 1. The molecule has 0 atom stereocenters. The maximum absolute atomic E-state index is 12.2. The van der Waals surface area contributed by atoms with Crippen LogP contribution in [0.1, 0.15) is 19.8 Å². The van der Waals surface area contributed by atoms with E-state index in [0.717, 1.165) is 18.4 Å². The lowest BCUT2D eigenvalue weighted by molar-refractivity contribution is -0.130. The molecule has 20 heavy (non-hydrogen) atoms. The molecule has 0 saturated carbocycles. The Balaban J connectivity index is 2.27. The highest BCUT2D eigenvalue weighted by Crippen LogP contribution is 2.08. The SMILES string of the molecule is CCCCN(C)C(=O)Cn1c(=O)cnc2ccccc21. The van der Waals surface area contributed by atoms with Crippen molar-refractivity contribution in [3.63, 3.8) is 0 Å². The van der Waals surface area contributed by atoms with Crippen molar-refractivity contribution in [3.8, 4) is 0 Å². The third-order valence-electron chi connectivity index (χ3n) is 3.32. The second-order valence-electron chi connectivity index (χ2n) is 4.84. The van der Waals surface area contributed by atoms with Crippen LogP contribution in [0.2, 0.25) is 0 Å². The van der Waals surface area contributed by atoms with Gasteiger partial charge in [0, 0.05) is 13.6 Å². The molecule has 0 fully saturated rings. The maximum Gasteiger partial charge on any atom is 0.269 e. The first-order valence-electron chi connectivity index (χ1n) is 6.82. The summed E-state index contributed by atoms with van der Waals surface area (Å²) in [4.78, 5) is 29.9. The van der Waals surface area contributed by atoms with Crippen molar-refractivity contribution >= 4 is 16.9 Å². The van der Waals surface area contributed by atoms with Gasteiger partial charge in [-0.15, -0.1) is 0 Å². The minimum atomic E-state index is -0.249. The number of carbonyl (C=O) groups excluding carboxylic acids is 1. The highest BCUT2D eigenvalue weighted by molar-refractivity contribution is 5.79. The van der Waals surface area contributed by atoms with E-state index in [-0.39, 0.29) is 18.0 Å². The van der Waals surface area contributed by atoms with Crippen LogP contribution in [0.4, 0.5) is 0 Å². The smallest absolute Gasteiger partial charge is 0.269 e. The molecule has 0 aliphatic heterocycles. The second-order valence-corrected chi connectivity index (χ2v) is 4.84. The van der Waals surface area contributed by atoms with Crippen molar-refractivity contribution in [2.24, 2.45) is 0 Å². The van der Waals surface area contributed by atoms with Crippen LogP contribution in [0.15, 0.2) is 35.3 Å². The first-order chi connectivity index (χ1) is 9.63. The third kappa shape index (κ3) is 3.04. The molecule has 1 amide bonds. The molecule has 0 aliphatic rings. The van der Waals surface area contributed by atoms with E-state index in [1.807, 2.05) is 24.3 Å². The fourth-order valence-corrected chi connectivity index (χ4v) is 2.05. The van der Waals surface area contributed by atoms with Gasteiger partial charge < -0.3 is 4.90 Å². The maximum atomic E-state index is 12.2. The summed E-state index contributed by atoms with van der Waals surface area (Å²) >= 11 is 0. The Hall–Kier alpha value is -2.17. The van der Waals surface area contributed by atoms with E-state index < -0.39 is 0 Å². The Morgan fingerprint density at radius 2 is 2.10 bits per heavy atom. The zero-order chi connectivity index (χ0) is 14.5. The number of hydrogen-bond acceptors (Lipinski definition) is 3. The number of nitrogens with zero attached hydrogens (tertiary/aromatic N) is 3. The number of likely N-dealkylation sites (N-methyl/N-ethyl adjacent to an activating group) is 1. The van der Waals surface area contributed by atoms with Crippen LogP contribution in [-0.2, 0) is 11.3 Å². The Bertz CT molecular complexity index is 663. The standard InChI is InChI=1S/C15H19N3O2/c1-3-4-9-17(2)15(20)11-18-13-8-6-5-7-12(13)16-10-14(18)19/h5-8,10H,3-4,9,11H2,1-2H3. The molecule has 1 aromatic heterocycles. The molecule has 2 aromatic rings. The highest BCUT2D eigenvalue weighted by Gasteiger charge is 2.12. The lowest BCUT2D eigenvalue weighted by atomic mass is 10.3. The molecule has 0 spiro atoms. The van der Waals surface area contributed by atoms with Gasteiger partial charge in [-0.25, -0.2) is 4.98 Å². The van der Waals surface area contributed by atoms with E-state index in [0.29, 0.717) is 12.1 Å². The molecule has 0 saturated heterocycles. The van der Waals surface area contributed by atoms with Gasteiger partial charge in [0.2, 0.25) is 5.91 Å². The summed E-state index contributed by atoms with van der Waals surface area (Å²) in [7, 11) is 1.77. The Morgan fingerprint density at radius 3 is 2.85 bits per heavy atom. The molecule has 0 N–H and O–H groups in total. The van der Waals surface area contributed by atoms with Crippen molar-refractivity contribution < 1.29 is 4.79 Å². The summed E-state index contributed by atoms with van der Waals surface area (Å²) in [5.41, 5.74) is 1.16. The van der Waals surface area contributed by atoms with Gasteiger partial charge >= 0.3 is 0 Å². The molecule has 1 aromatic carbocycles. The van der Waals surface area contributed by atoms with Crippen molar-refractivity contribution in [1.82, 2.24) is 14.5 Å². The van der Waals surface area contributed by atoms with Crippen molar-refractivity contribution in [2.75, 3.05) is 13.6 Å². The molecule has 106 valence electrons. The number of carbonyl (C=O) groups is 1. The quantitative estimate of drug-likeness (QED) is 0.832. The predicted molar refractivity (Wildman–Crippen MR) is 78.5 cm³/mol. The monoisotopic (exact) mass is 273 g/mol. The van der Waals surface area contributed by atoms with Gasteiger partial charge in [-0.1, -0.05) is 25.5 Å². The van der Waals surface area contributed by atoms with Crippen LogP contribution in [0.25, 0.3) is 11.0 Å². The summed E-state index contributed by atoms with van der Waals surface area (Å²) in [5.74, 6) is -0.0584.